The van der Waals surface area contributed by atoms with E-state index in [4.69, 9.17) is 9.47 Å². The highest BCUT2D eigenvalue weighted by atomic mass is 19.4. The maximum atomic E-state index is 13.7. The molecule has 176 valence electrons. The first-order valence-electron chi connectivity index (χ1n) is 9.64. The van der Waals surface area contributed by atoms with Gasteiger partial charge < -0.3 is 9.47 Å². The SMILES string of the molecule is CC(C)(C)c1cccc(OC(=O)Oc2cccc(C(C)(C)C)c2C(F)(F)F)c1C(F)(F)F. The van der Waals surface area contributed by atoms with Gasteiger partial charge in [0.05, 0.1) is 0 Å². The van der Waals surface area contributed by atoms with E-state index in [9.17, 15) is 31.1 Å². The van der Waals surface area contributed by atoms with E-state index in [1.807, 2.05) is 0 Å². The van der Waals surface area contributed by atoms with E-state index in [0.717, 1.165) is 12.1 Å². The molecule has 2 rings (SSSR count). The van der Waals surface area contributed by atoms with Gasteiger partial charge in [0.2, 0.25) is 0 Å². The standard InChI is InChI=1S/C23H24F6O3/c1-20(2,3)13-9-7-11-15(17(13)22(24,25)26)31-19(30)32-16-12-8-10-14(21(4,5)6)18(16)23(27,28)29/h7-12H,1-6H3. The lowest BCUT2D eigenvalue weighted by Crippen LogP contribution is -2.24. The zero-order valence-corrected chi connectivity index (χ0v) is 18.5. The third-order valence-electron chi connectivity index (χ3n) is 4.62. The summed E-state index contributed by atoms with van der Waals surface area (Å²) in [6.07, 6.45) is -11.5. The molecular weight excluding hydrogens is 438 g/mol. The summed E-state index contributed by atoms with van der Waals surface area (Å²) in [4.78, 5) is 12.3. The fourth-order valence-corrected chi connectivity index (χ4v) is 3.27. The maximum absolute atomic E-state index is 13.7. The first-order chi connectivity index (χ1) is 14.3. The Labute approximate surface area is 182 Å². The molecule has 0 saturated heterocycles. The first-order valence-corrected chi connectivity index (χ1v) is 9.64. The van der Waals surface area contributed by atoms with Crippen molar-refractivity contribution in [3.8, 4) is 11.5 Å². The number of rotatable bonds is 2. The van der Waals surface area contributed by atoms with Crippen molar-refractivity contribution < 1.29 is 40.6 Å². The minimum absolute atomic E-state index is 0.138. The molecule has 32 heavy (non-hydrogen) atoms. The second kappa shape index (κ2) is 8.33. The fourth-order valence-electron chi connectivity index (χ4n) is 3.27. The number of hydrogen-bond acceptors (Lipinski definition) is 3. The van der Waals surface area contributed by atoms with Crippen molar-refractivity contribution in [2.45, 2.75) is 64.7 Å². The number of ether oxygens (including phenoxy) is 2. The molecule has 0 fully saturated rings. The number of carbonyl (C=O) groups excluding carboxylic acids is 1. The maximum Gasteiger partial charge on any atom is 0.519 e. The number of alkyl halides is 6. The van der Waals surface area contributed by atoms with Crippen LogP contribution in [-0.4, -0.2) is 6.16 Å². The topological polar surface area (TPSA) is 35.5 Å². The van der Waals surface area contributed by atoms with Crippen molar-refractivity contribution in [3.05, 3.63) is 58.7 Å². The van der Waals surface area contributed by atoms with Gasteiger partial charge in [0, 0.05) is 0 Å². The summed E-state index contributed by atoms with van der Waals surface area (Å²) < 4.78 is 92.0. The van der Waals surface area contributed by atoms with Crippen molar-refractivity contribution in [1.29, 1.82) is 0 Å². The average molecular weight is 462 g/mol. The molecule has 0 amide bonds. The quantitative estimate of drug-likeness (QED) is 0.259. The van der Waals surface area contributed by atoms with E-state index in [1.54, 1.807) is 41.5 Å². The van der Waals surface area contributed by atoms with E-state index in [0.29, 0.717) is 0 Å². The predicted octanol–water partition coefficient (Wildman–Crippen LogP) is 7.90. The number of benzene rings is 2. The zero-order valence-electron chi connectivity index (χ0n) is 18.5. The first kappa shape index (κ1) is 25.5. The van der Waals surface area contributed by atoms with Crippen LogP contribution in [0.25, 0.3) is 0 Å². The average Bonchev–Trinajstić information content (AvgIpc) is 2.57. The Bertz CT molecular complexity index is 913. The van der Waals surface area contributed by atoms with Gasteiger partial charge in [-0.1, -0.05) is 65.8 Å². The number of halogens is 6. The van der Waals surface area contributed by atoms with Crippen LogP contribution in [0, 0.1) is 0 Å². The third-order valence-corrected chi connectivity index (χ3v) is 4.62. The molecule has 2 aromatic carbocycles. The summed E-state index contributed by atoms with van der Waals surface area (Å²) in [5.74, 6) is -1.70. The van der Waals surface area contributed by atoms with Crippen molar-refractivity contribution in [2.75, 3.05) is 0 Å². The van der Waals surface area contributed by atoms with E-state index in [-0.39, 0.29) is 11.1 Å². The lowest BCUT2D eigenvalue weighted by Gasteiger charge is -2.26. The molecule has 0 radical (unpaired) electrons. The van der Waals surface area contributed by atoms with E-state index in [2.05, 4.69) is 0 Å². The molecule has 3 nitrogen and oxygen atoms in total. The molecule has 0 heterocycles. The molecule has 0 aliphatic carbocycles. The highest BCUT2D eigenvalue weighted by Crippen LogP contribution is 2.44. The van der Waals surface area contributed by atoms with Crippen molar-refractivity contribution in [3.63, 3.8) is 0 Å². The molecule has 0 aliphatic rings. The second-order valence-electron chi connectivity index (χ2n) is 9.31. The minimum atomic E-state index is -4.87. The van der Waals surface area contributed by atoms with Gasteiger partial charge in [0.15, 0.2) is 0 Å². The van der Waals surface area contributed by atoms with Gasteiger partial charge in [-0.25, -0.2) is 4.79 Å². The van der Waals surface area contributed by atoms with Crippen LogP contribution >= 0.6 is 0 Å². The van der Waals surface area contributed by atoms with Gasteiger partial charge in [0.1, 0.15) is 22.6 Å². The smallest absolute Gasteiger partial charge is 0.394 e. The Morgan fingerprint density at radius 1 is 0.625 bits per heavy atom. The molecule has 0 spiro atoms. The Morgan fingerprint density at radius 2 is 0.938 bits per heavy atom. The Morgan fingerprint density at radius 3 is 1.19 bits per heavy atom. The molecule has 0 bridgehead atoms. The van der Waals surface area contributed by atoms with E-state index >= 15 is 0 Å². The Hall–Kier alpha value is -2.71. The van der Waals surface area contributed by atoms with Crippen molar-refractivity contribution in [1.82, 2.24) is 0 Å². The molecule has 0 unspecified atom stereocenters. The lowest BCUT2D eigenvalue weighted by atomic mass is 9.83. The summed E-state index contributed by atoms with van der Waals surface area (Å²) in [5, 5.41) is 0. The monoisotopic (exact) mass is 462 g/mol. The van der Waals surface area contributed by atoms with Crippen LogP contribution in [0.5, 0.6) is 11.5 Å². The second-order valence-corrected chi connectivity index (χ2v) is 9.31. The molecule has 0 atom stereocenters. The summed E-state index contributed by atoms with van der Waals surface area (Å²) >= 11 is 0. The van der Waals surface area contributed by atoms with Crippen LogP contribution in [0.4, 0.5) is 31.1 Å². The Kier molecular flexibility index (Phi) is 6.65. The van der Waals surface area contributed by atoms with Gasteiger partial charge in [-0.05, 0) is 34.1 Å². The zero-order chi connectivity index (χ0) is 24.7. The van der Waals surface area contributed by atoms with Crippen LogP contribution in [0.3, 0.4) is 0 Å². The summed E-state index contributed by atoms with van der Waals surface area (Å²) in [6.45, 7) is 9.29. The van der Waals surface area contributed by atoms with E-state index < -0.39 is 52.0 Å². The van der Waals surface area contributed by atoms with Crippen LogP contribution in [0.1, 0.15) is 63.8 Å². The van der Waals surface area contributed by atoms with Crippen LogP contribution in [-0.2, 0) is 23.2 Å². The molecule has 0 saturated carbocycles. The molecule has 2 aromatic rings. The highest BCUT2D eigenvalue weighted by Gasteiger charge is 2.42. The summed E-state index contributed by atoms with van der Waals surface area (Å²) in [5.41, 5.74) is -4.55. The van der Waals surface area contributed by atoms with Crippen LogP contribution < -0.4 is 9.47 Å². The minimum Gasteiger partial charge on any atom is -0.394 e. The predicted molar refractivity (Wildman–Crippen MR) is 107 cm³/mol. The van der Waals surface area contributed by atoms with Gasteiger partial charge in [0.25, 0.3) is 0 Å². The Balaban J connectivity index is 2.50. The van der Waals surface area contributed by atoms with Gasteiger partial charge in [-0.15, -0.1) is 0 Å². The third kappa shape index (κ3) is 5.75. The molecule has 0 aromatic heterocycles. The molecule has 0 aliphatic heterocycles. The van der Waals surface area contributed by atoms with E-state index in [1.165, 1.54) is 24.3 Å². The molecular formula is C23H24F6O3. The fraction of sp³-hybridized carbons (Fsp3) is 0.435. The largest absolute Gasteiger partial charge is 0.519 e. The highest BCUT2D eigenvalue weighted by molar-refractivity contribution is 5.69. The lowest BCUT2D eigenvalue weighted by molar-refractivity contribution is -0.140. The van der Waals surface area contributed by atoms with Crippen molar-refractivity contribution >= 4 is 6.16 Å². The molecule has 9 heteroatoms. The summed E-state index contributed by atoms with van der Waals surface area (Å²) in [7, 11) is 0. The van der Waals surface area contributed by atoms with Crippen LogP contribution in [0.15, 0.2) is 36.4 Å². The summed E-state index contributed by atoms with van der Waals surface area (Å²) in [6, 6.07) is 6.84. The van der Waals surface area contributed by atoms with Gasteiger partial charge in [-0.2, -0.15) is 26.3 Å². The van der Waals surface area contributed by atoms with Gasteiger partial charge in [-0.3, -0.25) is 0 Å². The van der Waals surface area contributed by atoms with Gasteiger partial charge >= 0.3 is 18.5 Å². The normalized spacial score (nSPS) is 13.1. The van der Waals surface area contributed by atoms with Crippen LogP contribution in [0.2, 0.25) is 0 Å². The van der Waals surface area contributed by atoms with Crippen molar-refractivity contribution in [2.24, 2.45) is 0 Å². The number of carbonyl (C=O) groups is 1. The molecule has 0 N–H and O–H groups in total. The number of hydrogen-bond donors (Lipinski definition) is 0.